The molecular weight excluding hydrogens is 184 g/mol. The fourth-order valence-corrected chi connectivity index (χ4v) is 3.08. The molecule has 0 aromatic rings. The Morgan fingerprint density at radius 1 is 1.07 bits per heavy atom. The topological polar surface area (TPSA) is 27.1 Å². The van der Waals surface area contributed by atoms with Gasteiger partial charge in [-0.3, -0.25) is 5.41 Å². The van der Waals surface area contributed by atoms with E-state index in [1.165, 1.54) is 44.9 Å². The Kier molecular flexibility index (Phi) is 3.66. The van der Waals surface area contributed by atoms with Crippen LogP contribution >= 0.6 is 0 Å². The average molecular weight is 208 g/mol. The molecule has 2 rings (SSSR count). The van der Waals surface area contributed by atoms with Gasteiger partial charge in [0.1, 0.15) is 0 Å². The van der Waals surface area contributed by atoms with Gasteiger partial charge in [0.15, 0.2) is 0 Å². The summed E-state index contributed by atoms with van der Waals surface area (Å²) >= 11 is 0. The zero-order chi connectivity index (χ0) is 10.7. The lowest BCUT2D eigenvalue weighted by atomic mass is 9.81. The van der Waals surface area contributed by atoms with Crippen molar-refractivity contribution in [2.45, 2.75) is 51.9 Å². The van der Waals surface area contributed by atoms with Crippen LogP contribution in [0.4, 0.5) is 0 Å². The quantitative estimate of drug-likeness (QED) is 0.519. The molecule has 1 saturated heterocycles. The smallest absolute Gasteiger partial charge is 0.0989 e. The largest absolute Gasteiger partial charge is 0.360 e. The first-order chi connectivity index (χ1) is 7.27. The van der Waals surface area contributed by atoms with E-state index >= 15 is 0 Å². The van der Waals surface area contributed by atoms with Crippen molar-refractivity contribution in [2.24, 2.45) is 11.8 Å². The standard InChI is InChI=1S/C13H24N2/c1-11-6-5-7-12(10-11)13(14)15-8-3-2-4-9-15/h11-12,14H,2-10H2,1H3. The third-order valence-electron chi connectivity index (χ3n) is 4.02. The van der Waals surface area contributed by atoms with Gasteiger partial charge in [-0.2, -0.15) is 0 Å². The van der Waals surface area contributed by atoms with Gasteiger partial charge in [-0.25, -0.2) is 0 Å². The number of likely N-dealkylation sites (tertiary alicyclic amines) is 1. The predicted octanol–water partition coefficient (Wildman–Crippen LogP) is 3.28. The maximum Gasteiger partial charge on any atom is 0.0989 e. The van der Waals surface area contributed by atoms with Crippen molar-refractivity contribution in [3.05, 3.63) is 0 Å². The molecule has 0 radical (unpaired) electrons. The number of nitrogens with zero attached hydrogens (tertiary/aromatic N) is 1. The molecule has 86 valence electrons. The van der Waals surface area contributed by atoms with Crippen molar-refractivity contribution >= 4 is 5.84 Å². The minimum Gasteiger partial charge on any atom is -0.360 e. The molecule has 2 fully saturated rings. The van der Waals surface area contributed by atoms with Crippen molar-refractivity contribution < 1.29 is 0 Å². The maximum absolute atomic E-state index is 8.29. The monoisotopic (exact) mass is 208 g/mol. The molecule has 0 amide bonds. The molecule has 2 unspecified atom stereocenters. The van der Waals surface area contributed by atoms with Crippen LogP contribution in [0.2, 0.25) is 0 Å². The summed E-state index contributed by atoms with van der Waals surface area (Å²) in [4.78, 5) is 2.34. The summed E-state index contributed by atoms with van der Waals surface area (Å²) in [6, 6.07) is 0. The van der Waals surface area contributed by atoms with Gasteiger partial charge in [0.2, 0.25) is 0 Å². The lowest BCUT2D eigenvalue weighted by Crippen LogP contribution is -2.40. The van der Waals surface area contributed by atoms with E-state index in [0.717, 1.165) is 24.8 Å². The van der Waals surface area contributed by atoms with E-state index in [1.807, 2.05) is 0 Å². The first-order valence-corrected chi connectivity index (χ1v) is 6.61. The van der Waals surface area contributed by atoms with Crippen LogP contribution in [0.1, 0.15) is 51.9 Å². The Morgan fingerprint density at radius 3 is 2.47 bits per heavy atom. The van der Waals surface area contributed by atoms with Crippen molar-refractivity contribution in [1.29, 1.82) is 5.41 Å². The van der Waals surface area contributed by atoms with E-state index in [1.54, 1.807) is 0 Å². The summed E-state index contributed by atoms with van der Waals surface area (Å²) in [5.41, 5.74) is 0. The molecule has 2 heteroatoms. The van der Waals surface area contributed by atoms with Gasteiger partial charge in [0.05, 0.1) is 5.84 Å². The minimum atomic E-state index is 0.576. The lowest BCUT2D eigenvalue weighted by Gasteiger charge is -2.36. The normalized spacial score (nSPS) is 32.7. The van der Waals surface area contributed by atoms with Gasteiger partial charge in [0.25, 0.3) is 0 Å². The van der Waals surface area contributed by atoms with Gasteiger partial charge in [-0.05, 0) is 38.0 Å². The number of rotatable bonds is 1. The van der Waals surface area contributed by atoms with Gasteiger partial charge in [-0.1, -0.05) is 19.8 Å². The molecule has 1 saturated carbocycles. The maximum atomic E-state index is 8.29. The van der Waals surface area contributed by atoms with Crippen LogP contribution < -0.4 is 0 Å². The molecule has 0 aromatic heterocycles. The summed E-state index contributed by atoms with van der Waals surface area (Å²) in [6.45, 7) is 4.63. The zero-order valence-electron chi connectivity index (χ0n) is 9.97. The first-order valence-electron chi connectivity index (χ1n) is 6.61. The summed E-state index contributed by atoms with van der Waals surface area (Å²) in [6.07, 6.45) is 9.20. The molecule has 0 aromatic carbocycles. The summed E-state index contributed by atoms with van der Waals surface area (Å²) in [5, 5.41) is 8.29. The Hall–Kier alpha value is -0.530. The van der Waals surface area contributed by atoms with E-state index in [9.17, 15) is 0 Å². The number of nitrogens with one attached hydrogen (secondary N) is 1. The van der Waals surface area contributed by atoms with E-state index < -0.39 is 0 Å². The summed E-state index contributed by atoms with van der Waals surface area (Å²) < 4.78 is 0. The lowest BCUT2D eigenvalue weighted by molar-refractivity contribution is 0.281. The SMILES string of the molecule is CC1CCCC(C(=N)N2CCCCC2)C1. The minimum absolute atomic E-state index is 0.576. The highest BCUT2D eigenvalue weighted by Gasteiger charge is 2.26. The molecule has 0 bridgehead atoms. The molecule has 15 heavy (non-hydrogen) atoms. The van der Waals surface area contributed by atoms with Crippen LogP contribution in [-0.2, 0) is 0 Å². The Balaban J connectivity index is 1.88. The highest BCUT2D eigenvalue weighted by molar-refractivity contribution is 5.81. The molecule has 1 N–H and O–H groups in total. The van der Waals surface area contributed by atoms with E-state index in [4.69, 9.17) is 5.41 Å². The number of amidine groups is 1. The van der Waals surface area contributed by atoms with Crippen molar-refractivity contribution in [3.63, 3.8) is 0 Å². The third-order valence-corrected chi connectivity index (χ3v) is 4.02. The van der Waals surface area contributed by atoms with Crippen LogP contribution in [0.3, 0.4) is 0 Å². The van der Waals surface area contributed by atoms with Crippen LogP contribution in [0.25, 0.3) is 0 Å². The molecule has 2 aliphatic rings. The second-order valence-electron chi connectivity index (χ2n) is 5.40. The fourth-order valence-electron chi connectivity index (χ4n) is 3.08. The molecule has 2 atom stereocenters. The molecule has 0 spiro atoms. The van der Waals surface area contributed by atoms with E-state index in [-0.39, 0.29) is 0 Å². The van der Waals surface area contributed by atoms with Crippen molar-refractivity contribution in [3.8, 4) is 0 Å². The van der Waals surface area contributed by atoms with Crippen molar-refractivity contribution in [2.75, 3.05) is 13.1 Å². The highest BCUT2D eigenvalue weighted by atomic mass is 15.2. The summed E-state index contributed by atoms with van der Waals surface area (Å²) in [7, 11) is 0. The van der Waals surface area contributed by atoms with Gasteiger partial charge in [-0.15, -0.1) is 0 Å². The van der Waals surface area contributed by atoms with Gasteiger partial charge >= 0.3 is 0 Å². The zero-order valence-corrected chi connectivity index (χ0v) is 9.97. The van der Waals surface area contributed by atoms with Crippen LogP contribution in [0, 0.1) is 17.2 Å². The third kappa shape index (κ3) is 2.73. The van der Waals surface area contributed by atoms with Crippen molar-refractivity contribution in [1.82, 2.24) is 4.90 Å². The molecule has 2 nitrogen and oxygen atoms in total. The molecule has 1 aliphatic heterocycles. The average Bonchev–Trinajstić information content (AvgIpc) is 2.29. The Morgan fingerprint density at radius 2 is 1.80 bits per heavy atom. The van der Waals surface area contributed by atoms with Gasteiger partial charge < -0.3 is 4.90 Å². The highest BCUT2D eigenvalue weighted by Crippen LogP contribution is 2.30. The molecular formula is C13H24N2. The second-order valence-corrected chi connectivity index (χ2v) is 5.40. The number of hydrogen-bond acceptors (Lipinski definition) is 1. The number of piperidine rings is 1. The second kappa shape index (κ2) is 5.00. The summed E-state index contributed by atoms with van der Waals surface area (Å²) in [5.74, 6) is 2.38. The molecule has 1 heterocycles. The number of hydrogen-bond donors (Lipinski definition) is 1. The van der Waals surface area contributed by atoms with Crippen LogP contribution in [0.5, 0.6) is 0 Å². The van der Waals surface area contributed by atoms with Gasteiger partial charge in [0, 0.05) is 19.0 Å². The van der Waals surface area contributed by atoms with Crippen LogP contribution in [-0.4, -0.2) is 23.8 Å². The first kappa shape index (κ1) is 11.0. The molecule has 1 aliphatic carbocycles. The predicted molar refractivity (Wildman–Crippen MR) is 64.3 cm³/mol. The fraction of sp³-hybridized carbons (Fsp3) is 0.923. The van der Waals surface area contributed by atoms with Crippen LogP contribution in [0.15, 0.2) is 0 Å². The Bertz CT molecular complexity index is 219. The van der Waals surface area contributed by atoms with E-state index in [0.29, 0.717) is 5.92 Å². The van der Waals surface area contributed by atoms with E-state index in [2.05, 4.69) is 11.8 Å². The Labute approximate surface area is 93.6 Å².